The highest BCUT2D eigenvalue weighted by atomic mass is 35.5. The zero-order valence-electron chi connectivity index (χ0n) is 14.2. The molecular formula is C17H19ClF3N3O2. The zero-order chi connectivity index (χ0) is 19.1. The second kappa shape index (κ2) is 6.98. The third-order valence-electron chi connectivity index (χ3n) is 4.90. The van der Waals surface area contributed by atoms with Crippen LogP contribution in [0.2, 0.25) is 5.02 Å². The van der Waals surface area contributed by atoms with E-state index in [1.807, 2.05) is 4.90 Å². The summed E-state index contributed by atoms with van der Waals surface area (Å²) in [7, 11) is 1.68. The Morgan fingerprint density at radius 2 is 1.85 bits per heavy atom. The Labute approximate surface area is 154 Å². The molecule has 142 valence electrons. The minimum atomic E-state index is -4.43. The number of hydrogen-bond acceptors (Lipinski definition) is 3. The summed E-state index contributed by atoms with van der Waals surface area (Å²) in [5, 5.41) is 0.0441. The van der Waals surface area contributed by atoms with Crippen molar-refractivity contribution in [2.75, 3.05) is 44.7 Å². The Bertz CT molecular complexity index is 718. The van der Waals surface area contributed by atoms with Gasteiger partial charge in [0.25, 0.3) is 0 Å². The highest BCUT2D eigenvalue weighted by Gasteiger charge is 2.36. The Hall–Kier alpha value is -1.96. The molecule has 2 aliphatic rings. The first-order valence-corrected chi connectivity index (χ1v) is 8.69. The maximum absolute atomic E-state index is 12.7. The van der Waals surface area contributed by atoms with Gasteiger partial charge in [-0.05, 0) is 18.2 Å². The Kier molecular flexibility index (Phi) is 5.05. The van der Waals surface area contributed by atoms with Crippen molar-refractivity contribution < 1.29 is 22.8 Å². The van der Waals surface area contributed by atoms with Gasteiger partial charge in [0.05, 0.1) is 22.2 Å². The molecule has 0 bridgehead atoms. The first kappa shape index (κ1) is 18.8. The van der Waals surface area contributed by atoms with Gasteiger partial charge in [0, 0.05) is 46.2 Å². The maximum Gasteiger partial charge on any atom is 0.416 e. The lowest BCUT2D eigenvalue weighted by Gasteiger charge is -2.37. The molecule has 1 unspecified atom stereocenters. The number of carbonyl (C=O) groups is 2. The quantitative estimate of drug-likeness (QED) is 0.780. The molecule has 2 aliphatic heterocycles. The molecule has 0 saturated carbocycles. The van der Waals surface area contributed by atoms with Gasteiger partial charge in [0.1, 0.15) is 0 Å². The van der Waals surface area contributed by atoms with Crippen LogP contribution in [0.1, 0.15) is 12.0 Å². The van der Waals surface area contributed by atoms with Gasteiger partial charge in [-0.3, -0.25) is 9.59 Å². The van der Waals surface area contributed by atoms with Crippen LogP contribution in [-0.2, 0) is 15.8 Å². The number of anilines is 1. The highest BCUT2D eigenvalue weighted by molar-refractivity contribution is 6.33. The molecule has 0 radical (unpaired) electrons. The fraction of sp³-hybridized carbons (Fsp3) is 0.529. The molecule has 0 spiro atoms. The number of benzene rings is 1. The number of carbonyl (C=O) groups excluding carboxylic acids is 2. The lowest BCUT2D eigenvalue weighted by Crippen LogP contribution is -2.50. The van der Waals surface area contributed by atoms with Crippen molar-refractivity contribution in [2.45, 2.75) is 12.6 Å². The number of nitrogens with zero attached hydrogens (tertiary/aromatic N) is 3. The lowest BCUT2D eigenvalue weighted by molar-refractivity contribution is -0.137. The monoisotopic (exact) mass is 389 g/mol. The van der Waals surface area contributed by atoms with Gasteiger partial charge in [-0.1, -0.05) is 11.6 Å². The van der Waals surface area contributed by atoms with E-state index in [1.54, 1.807) is 16.8 Å². The van der Waals surface area contributed by atoms with Crippen LogP contribution in [0.15, 0.2) is 18.2 Å². The molecule has 1 atom stereocenters. The van der Waals surface area contributed by atoms with E-state index in [1.165, 1.54) is 6.07 Å². The summed E-state index contributed by atoms with van der Waals surface area (Å²) in [5.74, 6) is -0.381. The molecule has 26 heavy (non-hydrogen) atoms. The zero-order valence-corrected chi connectivity index (χ0v) is 15.0. The Morgan fingerprint density at radius 3 is 2.35 bits per heavy atom. The summed E-state index contributed by atoms with van der Waals surface area (Å²) < 4.78 is 38.2. The summed E-state index contributed by atoms with van der Waals surface area (Å²) in [4.78, 5) is 29.3. The van der Waals surface area contributed by atoms with E-state index in [9.17, 15) is 22.8 Å². The van der Waals surface area contributed by atoms with Crippen LogP contribution >= 0.6 is 11.6 Å². The van der Waals surface area contributed by atoms with Crippen LogP contribution in [0.5, 0.6) is 0 Å². The normalized spacial score (nSPS) is 21.5. The Balaban J connectivity index is 1.62. The van der Waals surface area contributed by atoms with Crippen LogP contribution in [0.25, 0.3) is 0 Å². The van der Waals surface area contributed by atoms with Crippen molar-refractivity contribution >= 4 is 29.1 Å². The first-order valence-electron chi connectivity index (χ1n) is 8.31. The molecule has 3 rings (SSSR count). The van der Waals surface area contributed by atoms with Crippen LogP contribution in [0, 0.1) is 5.92 Å². The molecule has 1 aromatic carbocycles. The SMILES string of the molecule is CN1CC(C(=O)N2CCN(c3ccc(C(F)(F)F)cc3Cl)CC2)CC1=O. The second-order valence-electron chi connectivity index (χ2n) is 6.65. The summed E-state index contributed by atoms with van der Waals surface area (Å²) in [6.07, 6.45) is -4.19. The Morgan fingerprint density at radius 1 is 1.19 bits per heavy atom. The molecule has 2 saturated heterocycles. The van der Waals surface area contributed by atoms with Crippen molar-refractivity contribution in [1.29, 1.82) is 0 Å². The molecule has 0 aliphatic carbocycles. The predicted octanol–water partition coefficient (Wildman–Crippen LogP) is 2.49. The molecular weight excluding hydrogens is 371 g/mol. The molecule has 2 heterocycles. The molecule has 9 heteroatoms. The van der Waals surface area contributed by atoms with Gasteiger partial charge in [-0.25, -0.2) is 0 Å². The van der Waals surface area contributed by atoms with Gasteiger partial charge in [0.15, 0.2) is 0 Å². The van der Waals surface area contributed by atoms with E-state index in [0.717, 1.165) is 12.1 Å². The largest absolute Gasteiger partial charge is 0.416 e. The van der Waals surface area contributed by atoms with Crippen LogP contribution in [0.4, 0.5) is 18.9 Å². The predicted molar refractivity (Wildman–Crippen MR) is 91.0 cm³/mol. The third kappa shape index (κ3) is 3.75. The fourth-order valence-electron chi connectivity index (χ4n) is 3.39. The van der Waals surface area contributed by atoms with E-state index in [4.69, 9.17) is 11.6 Å². The summed E-state index contributed by atoms with van der Waals surface area (Å²) in [6, 6.07) is 3.31. The molecule has 2 fully saturated rings. The molecule has 2 amide bonds. The summed E-state index contributed by atoms with van der Waals surface area (Å²) in [6.45, 7) is 2.29. The van der Waals surface area contributed by atoms with Crippen molar-refractivity contribution in [3.05, 3.63) is 28.8 Å². The number of alkyl halides is 3. The van der Waals surface area contributed by atoms with Gasteiger partial charge >= 0.3 is 6.18 Å². The molecule has 0 N–H and O–H groups in total. The third-order valence-corrected chi connectivity index (χ3v) is 5.20. The average molecular weight is 390 g/mol. The average Bonchev–Trinajstić information content (AvgIpc) is 2.92. The number of likely N-dealkylation sites (tertiary alicyclic amines) is 1. The molecule has 0 aromatic heterocycles. The van der Waals surface area contributed by atoms with Gasteiger partial charge < -0.3 is 14.7 Å². The highest BCUT2D eigenvalue weighted by Crippen LogP contribution is 2.35. The van der Waals surface area contributed by atoms with E-state index in [-0.39, 0.29) is 29.2 Å². The van der Waals surface area contributed by atoms with Crippen LogP contribution < -0.4 is 4.90 Å². The van der Waals surface area contributed by atoms with Crippen molar-refractivity contribution in [1.82, 2.24) is 9.80 Å². The summed E-state index contributed by atoms with van der Waals surface area (Å²) in [5.41, 5.74) is -0.252. The second-order valence-corrected chi connectivity index (χ2v) is 7.06. The first-order chi connectivity index (χ1) is 12.2. The fourth-order valence-corrected chi connectivity index (χ4v) is 3.69. The topological polar surface area (TPSA) is 43.9 Å². The lowest BCUT2D eigenvalue weighted by atomic mass is 10.1. The van der Waals surface area contributed by atoms with E-state index >= 15 is 0 Å². The van der Waals surface area contributed by atoms with Crippen molar-refractivity contribution in [3.63, 3.8) is 0 Å². The van der Waals surface area contributed by atoms with Gasteiger partial charge in [0.2, 0.25) is 11.8 Å². The standard InChI is InChI=1S/C17H19ClF3N3O2/c1-22-10-11(8-15(22)25)16(26)24-6-4-23(5-7-24)14-3-2-12(9-13(14)18)17(19,20)21/h2-3,9,11H,4-8,10H2,1H3. The smallest absolute Gasteiger partial charge is 0.367 e. The van der Waals surface area contributed by atoms with E-state index in [0.29, 0.717) is 38.4 Å². The number of amides is 2. The minimum Gasteiger partial charge on any atom is -0.367 e. The van der Waals surface area contributed by atoms with E-state index < -0.39 is 11.7 Å². The summed E-state index contributed by atoms with van der Waals surface area (Å²) >= 11 is 6.04. The van der Waals surface area contributed by atoms with Gasteiger partial charge in [-0.2, -0.15) is 13.2 Å². The number of piperazine rings is 1. The van der Waals surface area contributed by atoms with Gasteiger partial charge in [-0.15, -0.1) is 0 Å². The minimum absolute atomic E-state index is 0.0291. The number of hydrogen-bond donors (Lipinski definition) is 0. The van der Waals surface area contributed by atoms with Crippen LogP contribution in [0.3, 0.4) is 0 Å². The maximum atomic E-state index is 12.7. The van der Waals surface area contributed by atoms with Crippen LogP contribution in [-0.4, -0.2) is 61.4 Å². The van der Waals surface area contributed by atoms with E-state index in [2.05, 4.69) is 0 Å². The number of rotatable bonds is 2. The number of halogens is 4. The molecule has 1 aromatic rings. The van der Waals surface area contributed by atoms with Crippen molar-refractivity contribution in [2.24, 2.45) is 5.92 Å². The van der Waals surface area contributed by atoms with Crippen molar-refractivity contribution in [3.8, 4) is 0 Å². The molecule has 5 nitrogen and oxygen atoms in total.